The summed E-state index contributed by atoms with van der Waals surface area (Å²) in [7, 11) is 0. The normalized spacial score (nSPS) is 17.5. The molecule has 0 N–H and O–H groups in total. The maximum absolute atomic E-state index is 13.2. The van der Waals surface area contributed by atoms with E-state index in [0.717, 1.165) is 24.2 Å². The Morgan fingerprint density at radius 1 is 0.905 bits per heavy atom. The van der Waals surface area contributed by atoms with E-state index >= 15 is 0 Å². The van der Waals surface area contributed by atoms with E-state index in [0.29, 0.717) is 0 Å². The van der Waals surface area contributed by atoms with Crippen molar-refractivity contribution in [2.24, 2.45) is 0 Å². The van der Waals surface area contributed by atoms with Crippen molar-refractivity contribution in [1.82, 2.24) is 0 Å². The minimum Gasteiger partial charge on any atom is -0.487 e. The highest BCUT2D eigenvalue weighted by molar-refractivity contribution is 5.88. The number of benzene rings is 2. The molecule has 0 saturated carbocycles. The lowest BCUT2D eigenvalue weighted by Gasteiger charge is -2.35. The summed E-state index contributed by atoms with van der Waals surface area (Å²) in [5.74, 6) is 0.646. The molecule has 0 atom stereocenters. The average molecular weight is 282 g/mol. The van der Waals surface area contributed by atoms with E-state index < -0.39 is 0 Å². The van der Waals surface area contributed by atoms with Crippen LogP contribution in [0.1, 0.15) is 37.8 Å². The molecule has 0 fully saturated rings. The fourth-order valence-corrected chi connectivity index (χ4v) is 2.68. The highest BCUT2D eigenvalue weighted by atomic mass is 19.1. The fourth-order valence-electron chi connectivity index (χ4n) is 2.68. The molecule has 3 rings (SSSR count). The monoisotopic (exact) mass is 282 g/mol. The second kappa shape index (κ2) is 5.36. The van der Waals surface area contributed by atoms with Crippen molar-refractivity contribution in [3.05, 3.63) is 71.5 Å². The molecule has 1 nitrogen and oxygen atoms in total. The Morgan fingerprint density at radius 3 is 2.24 bits per heavy atom. The van der Waals surface area contributed by atoms with Crippen molar-refractivity contribution >= 4 is 11.3 Å². The molecule has 0 amide bonds. The summed E-state index contributed by atoms with van der Waals surface area (Å²) >= 11 is 0. The van der Waals surface area contributed by atoms with Crippen molar-refractivity contribution in [1.29, 1.82) is 0 Å². The fraction of sp³-hybridized carbons (Fsp3) is 0.263. The third-order valence-electron chi connectivity index (χ3n) is 3.86. The summed E-state index contributed by atoms with van der Waals surface area (Å²) in [4.78, 5) is 0. The van der Waals surface area contributed by atoms with Crippen molar-refractivity contribution in [2.75, 3.05) is 0 Å². The first kappa shape index (κ1) is 13.9. The molecule has 21 heavy (non-hydrogen) atoms. The van der Waals surface area contributed by atoms with Gasteiger partial charge in [0.05, 0.1) is 0 Å². The number of hydrogen-bond acceptors (Lipinski definition) is 1. The Bertz CT molecular complexity index is 654. The third kappa shape index (κ3) is 2.99. The highest BCUT2D eigenvalue weighted by Crippen LogP contribution is 2.40. The predicted molar refractivity (Wildman–Crippen MR) is 84.1 cm³/mol. The van der Waals surface area contributed by atoms with E-state index in [-0.39, 0.29) is 11.4 Å². The van der Waals surface area contributed by atoms with Crippen LogP contribution >= 0.6 is 0 Å². The highest BCUT2D eigenvalue weighted by Gasteiger charge is 2.29. The molecule has 0 aromatic heterocycles. The first-order chi connectivity index (χ1) is 10.1. The van der Waals surface area contributed by atoms with Crippen LogP contribution in [0, 0.1) is 5.82 Å². The molecule has 0 saturated heterocycles. The molecule has 0 unspecified atom stereocenters. The minimum absolute atomic E-state index is 0.192. The molecule has 1 heterocycles. The minimum atomic E-state index is -0.226. The van der Waals surface area contributed by atoms with Gasteiger partial charge in [0.2, 0.25) is 0 Å². The van der Waals surface area contributed by atoms with Crippen molar-refractivity contribution in [3.8, 4) is 0 Å². The van der Waals surface area contributed by atoms with Crippen LogP contribution in [0.25, 0.3) is 11.3 Å². The van der Waals surface area contributed by atoms with Gasteiger partial charge in [-0.25, -0.2) is 4.39 Å². The van der Waals surface area contributed by atoms with Gasteiger partial charge in [-0.2, -0.15) is 0 Å². The summed E-state index contributed by atoms with van der Waals surface area (Å²) < 4.78 is 19.4. The molecule has 2 heteroatoms. The topological polar surface area (TPSA) is 9.23 Å². The van der Waals surface area contributed by atoms with Crippen LogP contribution < -0.4 is 0 Å². The second-order valence-electron chi connectivity index (χ2n) is 6.04. The van der Waals surface area contributed by atoms with Crippen molar-refractivity contribution < 1.29 is 9.13 Å². The molecular weight excluding hydrogens is 263 g/mol. The van der Waals surface area contributed by atoms with Gasteiger partial charge in [-0.15, -0.1) is 0 Å². The Labute approximate surface area is 125 Å². The Balaban J connectivity index is 2.12. The summed E-state index contributed by atoms with van der Waals surface area (Å²) in [6.07, 6.45) is 1.94. The Hall–Kier alpha value is -2.09. The van der Waals surface area contributed by atoms with Crippen LogP contribution in [-0.4, -0.2) is 5.60 Å². The molecule has 0 spiro atoms. The largest absolute Gasteiger partial charge is 0.487 e. The van der Waals surface area contributed by atoms with E-state index in [4.69, 9.17) is 4.74 Å². The lowest BCUT2D eigenvalue weighted by Crippen LogP contribution is -2.27. The maximum atomic E-state index is 13.2. The molecule has 108 valence electrons. The van der Waals surface area contributed by atoms with E-state index in [1.807, 2.05) is 18.2 Å². The van der Waals surface area contributed by atoms with E-state index in [9.17, 15) is 4.39 Å². The van der Waals surface area contributed by atoms with Crippen molar-refractivity contribution in [2.45, 2.75) is 32.3 Å². The Morgan fingerprint density at radius 2 is 1.57 bits per heavy atom. The van der Waals surface area contributed by atoms with Gasteiger partial charge in [0.15, 0.2) is 0 Å². The van der Waals surface area contributed by atoms with Gasteiger partial charge in [0.1, 0.15) is 17.2 Å². The van der Waals surface area contributed by atoms with Gasteiger partial charge in [-0.3, -0.25) is 0 Å². The predicted octanol–water partition coefficient (Wildman–Crippen LogP) is 5.28. The molecule has 0 bridgehead atoms. The first-order valence-electron chi connectivity index (χ1n) is 7.29. The van der Waals surface area contributed by atoms with Gasteiger partial charge in [-0.05, 0) is 56.5 Å². The molecule has 1 aliphatic rings. The standard InChI is InChI=1S/C19H19FO/c1-19(2)13-12-17(14-6-4-3-5-7-14)18(21-19)15-8-10-16(20)11-9-15/h3-11H,12-13H2,1-2H3. The third-order valence-corrected chi connectivity index (χ3v) is 3.86. The zero-order valence-electron chi connectivity index (χ0n) is 12.4. The lowest BCUT2D eigenvalue weighted by molar-refractivity contribution is 0.0620. The quantitative estimate of drug-likeness (QED) is 0.728. The van der Waals surface area contributed by atoms with Gasteiger partial charge >= 0.3 is 0 Å². The number of rotatable bonds is 2. The van der Waals surface area contributed by atoms with Crippen LogP contribution in [0.4, 0.5) is 4.39 Å². The molecule has 0 radical (unpaired) electrons. The number of halogens is 1. The second-order valence-corrected chi connectivity index (χ2v) is 6.04. The molecule has 0 aliphatic carbocycles. The first-order valence-corrected chi connectivity index (χ1v) is 7.29. The zero-order chi connectivity index (χ0) is 14.9. The molecule has 1 aliphatic heterocycles. The summed E-state index contributed by atoms with van der Waals surface area (Å²) in [6.45, 7) is 4.19. The average Bonchev–Trinajstić information content (AvgIpc) is 2.48. The number of allylic oxidation sites excluding steroid dienone is 1. The van der Waals surface area contributed by atoms with Gasteiger partial charge in [0.25, 0.3) is 0 Å². The maximum Gasteiger partial charge on any atom is 0.131 e. The number of hydrogen-bond donors (Lipinski definition) is 0. The molecule has 2 aromatic carbocycles. The lowest BCUT2D eigenvalue weighted by atomic mass is 9.89. The van der Waals surface area contributed by atoms with Crippen LogP contribution in [0.5, 0.6) is 0 Å². The summed E-state index contributed by atoms with van der Waals surface area (Å²) in [6, 6.07) is 16.8. The summed E-state index contributed by atoms with van der Waals surface area (Å²) in [5, 5.41) is 0. The molecular formula is C19H19FO. The van der Waals surface area contributed by atoms with E-state index in [2.05, 4.69) is 26.0 Å². The summed E-state index contributed by atoms with van der Waals surface area (Å²) in [5.41, 5.74) is 3.11. The van der Waals surface area contributed by atoms with E-state index in [1.54, 1.807) is 12.1 Å². The van der Waals surface area contributed by atoms with Gasteiger partial charge in [-0.1, -0.05) is 30.3 Å². The van der Waals surface area contributed by atoms with Crippen LogP contribution in [-0.2, 0) is 4.74 Å². The van der Waals surface area contributed by atoms with Crippen LogP contribution in [0.15, 0.2) is 54.6 Å². The smallest absolute Gasteiger partial charge is 0.131 e. The van der Waals surface area contributed by atoms with Crippen LogP contribution in [0.2, 0.25) is 0 Å². The Kier molecular flexibility index (Phi) is 3.54. The van der Waals surface area contributed by atoms with E-state index in [1.165, 1.54) is 23.3 Å². The zero-order valence-corrected chi connectivity index (χ0v) is 12.4. The molecule has 2 aromatic rings. The van der Waals surface area contributed by atoms with Gasteiger partial charge < -0.3 is 4.74 Å². The SMILES string of the molecule is CC1(C)CCC(c2ccccc2)=C(c2ccc(F)cc2)O1. The number of ether oxygens (including phenoxy) is 1. The van der Waals surface area contributed by atoms with Crippen molar-refractivity contribution in [3.63, 3.8) is 0 Å². The van der Waals surface area contributed by atoms with Gasteiger partial charge in [0, 0.05) is 11.1 Å². The van der Waals surface area contributed by atoms with Crippen LogP contribution in [0.3, 0.4) is 0 Å².